The molecule has 0 aromatic heterocycles. The Morgan fingerprint density at radius 3 is 1.95 bits per heavy atom. The number of ether oxygens (including phenoxy) is 5. The van der Waals surface area contributed by atoms with Crippen molar-refractivity contribution in [3.05, 3.63) is 35.4 Å². The molecule has 6 heteroatoms. The summed E-state index contributed by atoms with van der Waals surface area (Å²) < 4.78 is 32.0. The number of hydrogen-bond acceptors (Lipinski definition) is 6. The van der Waals surface area contributed by atoms with E-state index in [1.165, 1.54) is 38.5 Å². The predicted molar refractivity (Wildman–Crippen MR) is 165 cm³/mol. The molecule has 0 heterocycles. The Balaban J connectivity index is 1.22. The lowest BCUT2D eigenvalue weighted by Gasteiger charge is -2.28. The molecule has 4 saturated carbocycles. The molecule has 1 atom stereocenters. The Bertz CT molecular complexity index is 986. The van der Waals surface area contributed by atoms with Gasteiger partial charge in [-0.1, -0.05) is 65.0 Å². The molecular formula is C36H54O6. The number of rotatable bonds is 15. The molecule has 0 N–H and O–H groups in total. The molecule has 0 spiro atoms. The Morgan fingerprint density at radius 1 is 0.881 bits per heavy atom. The molecule has 0 amide bonds. The molecule has 4 aliphatic carbocycles. The topological polar surface area (TPSA) is 63.2 Å². The van der Waals surface area contributed by atoms with Crippen LogP contribution in [0, 0.1) is 5.92 Å². The van der Waals surface area contributed by atoms with Gasteiger partial charge in [-0.3, -0.25) is 4.79 Å². The van der Waals surface area contributed by atoms with Crippen LogP contribution in [0.1, 0.15) is 133 Å². The quantitative estimate of drug-likeness (QED) is 0.153. The van der Waals surface area contributed by atoms with Gasteiger partial charge in [0.1, 0.15) is 18.0 Å². The minimum atomic E-state index is -0.338. The Morgan fingerprint density at radius 2 is 1.43 bits per heavy atom. The first-order chi connectivity index (χ1) is 20.4. The van der Waals surface area contributed by atoms with E-state index in [1.807, 2.05) is 19.9 Å². The summed E-state index contributed by atoms with van der Waals surface area (Å²) in [5.41, 5.74) is 2.66. The summed E-state index contributed by atoms with van der Waals surface area (Å²) >= 11 is 0. The van der Waals surface area contributed by atoms with E-state index in [2.05, 4.69) is 18.7 Å². The van der Waals surface area contributed by atoms with Gasteiger partial charge in [0.2, 0.25) is 0 Å². The molecule has 1 aromatic carbocycles. The third-order valence-corrected chi connectivity index (χ3v) is 10.3. The van der Waals surface area contributed by atoms with Crippen molar-refractivity contribution in [2.45, 2.75) is 153 Å². The van der Waals surface area contributed by atoms with Crippen LogP contribution in [-0.2, 0) is 37.0 Å². The lowest BCUT2D eigenvalue weighted by molar-refractivity contribution is -0.163. The van der Waals surface area contributed by atoms with Gasteiger partial charge < -0.3 is 23.7 Å². The number of fused-ring (bicyclic) bond motifs is 2. The summed E-state index contributed by atoms with van der Waals surface area (Å²) in [6.45, 7) is 10.1. The average molecular weight is 583 g/mol. The Hall–Kier alpha value is -1.89. The minimum Gasteiger partial charge on any atom is -0.490 e. The summed E-state index contributed by atoms with van der Waals surface area (Å²) in [5.74, 6) is 0.764. The fourth-order valence-corrected chi connectivity index (χ4v) is 7.50. The van der Waals surface area contributed by atoms with Gasteiger partial charge in [-0.05, 0) is 75.5 Å². The number of carbonyl (C=O) groups excluding carboxylic acids is 1. The lowest BCUT2D eigenvalue weighted by Crippen LogP contribution is -2.32. The summed E-state index contributed by atoms with van der Waals surface area (Å²) in [4.78, 5) is 12.5. The van der Waals surface area contributed by atoms with Crippen LogP contribution in [0.3, 0.4) is 0 Å². The van der Waals surface area contributed by atoms with E-state index in [4.69, 9.17) is 23.7 Å². The van der Waals surface area contributed by atoms with Crippen LogP contribution >= 0.6 is 0 Å². The molecule has 4 aliphatic rings. The van der Waals surface area contributed by atoms with Gasteiger partial charge in [-0.25, -0.2) is 0 Å². The summed E-state index contributed by atoms with van der Waals surface area (Å²) in [7, 11) is 0. The molecule has 0 radical (unpaired) electrons. The van der Waals surface area contributed by atoms with Crippen LogP contribution in [0.25, 0.3) is 6.08 Å². The van der Waals surface area contributed by atoms with E-state index in [9.17, 15) is 4.79 Å². The minimum absolute atomic E-state index is 0.0515. The third-order valence-electron chi connectivity index (χ3n) is 10.3. The van der Waals surface area contributed by atoms with Gasteiger partial charge in [-0.2, -0.15) is 0 Å². The van der Waals surface area contributed by atoms with Gasteiger partial charge in [-0.15, -0.1) is 0 Å². The highest BCUT2D eigenvalue weighted by atomic mass is 16.6. The fraction of sp³-hybridized carbons (Fsp3) is 0.750. The van der Waals surface area contributed by atoms with E-state index in [0.29, 0.717) is 38.6 Å². The second-order valence-corrected chi connectivity index (χ2v) is 13.5. The number of carbonyl (C=O) groups is 1. The normalized spacial score (nSPS) is 27.2. The van der Waals surface area contributed by atoms with Gasteiger partial charge in [0, 0.05) is 17.5 Å². The second-order valence-electron chi connectivity index (χ2n) is 13.5. The van der Waals surface area contributed by atoms with Crippen LogP contribution in [0.5, 0.6) is 5.75 Å². The molecule has 42 heavy (non-hydrogen) atoms. The molecule has 1 unspecified atom stereocenters. The van der Waals surface area contributed by atoms with Crippen LogP contribution < -0.4 is 4.74 Å². The van der Waals surface area contributed by atoms with Crippen molar-refractivity contribution < 1.29 is 28.5 Å². The molecule has 0 aliphatic heterocycles. The highest BCUT2D eigenvalue weighted by Crippen LogP contribution is 2.54. The van der Waals surface area contributed by atoms with E-state index < -0.39 is 0 Å². The van der Waals surface area contributed by atoms with E-state index in [1.54, 1.807) is 0 Å². The van der Waals surface area contributed by atoms with Gasteiger partial charge in [0.05, 0.1) is 43.5 Å². The molecule has 1 aromatic rings. The summed E-state index contributed by atoms with van der Waals surface area (Å²) in [6.07, 6.45) is 20.0. The zero-order chi connectivity index (χ0) is 29.4. The third kappa shape index (κ3) is 7.98. The standard InChI is InChI=1S/C36H54O6/c1-4-27(3)34(37)42-36-18-16-35(26-36,17-19-36)41-21-20-38-33-29(24-39-31-12-8-6-9-13-31)22-28(5-2)23-30(33)25-40-32-14-10-7-11-15-32/h5,22-23,27,31-32H,2,4,6-21,24-26H2,1,3H3. The predicted octanol–water partition coefficient (Wildman–Crippen LogP) is 8.47. The largest absolute Gasteiger partial charge is 0.490 e. The average Bonchev–Trinajstić information content (AvgIpc) is 3.57. The monoisotopic (exact) mass is 582 g/mol. The van der Waals surface area contributed by atoms with Crippen LogP contribution in [-0.4, -0.2) is 42.6 Å². The Labute approximate surface area is 253 Å². The first kappa shape index (κ1) is 31.5. The van der Waals surface area contributed by atoms with Gasteiger partial charge >= 0.3 is 5.97 Å². The zero-order valence-electron chi connectivity index (χ0n) is 26.3. The first-order valence-electron chi connectivity index (χ1n) is 16.9. The molecule has 2 bridgehead atoms. The van der Waals surface area contributed by atoms with Crippen molar-refractivity contribution in [2.24, 2.45) is 5.92 Å². The smallest absolute Gasteiger partial charge is 0.309 e. The van der Waals surface area contributed by atoms with Crippen molar-refractivity contribution in [3.8, 4) is 5.75 Å². The van der Waals surface area contributed by atoms with Crippen molar-refractivity contribution >= 4 is 12.0 Å². The van der Waals surface area contributed by atoms with Crippen molar-refractivity contribution in [1.82, 2.24) is 0 Å². The number of hydrogen-bond donors (Lipinski definition) is 0. The second kappa shape index (κ2) is 14.7. The van der Waals surface area contributed by atoms with Crippen molar-refractivity contribution in [3.63, 3.8) is 0 Å². The van der Waals surface area contributed by atoms with Gasteiger partial charge in [0.15, 0.2) is 0 Å². The van der Waals surface area contributed by atoms with Crippen LogP contribution in [0.15, 0.2) is 18.7 Å². The summed E-state index contributed by atoms with van der Waals surface area (Å²) in [5, 5.41) is 0. The SMILES string of the molecule is C=Cc1cc(COC2CCCCC2)c(OCCOC23CCC(OC(=O)C(C)CC)(CC2)C3)c(COC2CCCCC2)c1. The maximum atomic E-state index is 12.5. The molecule has 5 rings (SSSR count). The highest BCUT2D eigenvalue weighted by Gasteiger charge is 2.57. The maximum absolute atomic E-state index is 12.5. The fourth-order valence-electron chi connectivity index (χ4n) is 7.50. The molecular weight excluding hydrogens is 528 g/mol. The van der Waals surface area contributed by atoms with Crippen molar-refractivity contribution in [2.75, 3.05) is 13.2 Å². The highest BCUT2D eigenvalue weighted by molar-refractivity contribution is 5.72. The van der Waals surface area contributed by atoms with Crippen LogP contribution in [0.4, 0.5) is 0 Å². The lowest BCUT2D eigenvalue weighted by atomic mass is 9.94. The van der Waals surface area contributed by atoms with Crippen LogP contribution in [0.2, 0.25) is 0 Å². The zero-order valence-corrected chi connectivity index (χ0v) is 26.3. The van der Waals surface area contributed by atoms with E-state index in [0.717, 1.165) is 86.6 Å². The van der Waals surface area contributed by atoms with Gasteiger partial charge in [0.25, 0.3) is 0 Å². The number of esters is 1. The van der Waals surface area contributed by atoms with E-state index in [-0.39, 0.29) is 23.1 Å². The maximum Gasteiger partial charge on any atom is 0.309 e. The van der Waals surface area contributed by atoms with E-state index >= 15 is 0 Å². The molecule has 4 fully saturated rings. The summed E-state index contributed by atoms with van der Waals surface area (Å²) in [6, 6.07) is 4.31. The molecule has 0 saturated heterocycles. The molecule has 6 nitrogen and oxygen atoms in total. The Kier molecular flexibility index (Phi) is 11.1. The molecule has 234 valence electrons. The number of benzene rings is 1. The first-order valence-corrected chi connectivity index (χ1v) is 16.9. The van der Waals surface area contributed by atoms with Crippen molar-refractivity contribution in [1.29, 1.82) is 0 Å².